The van der Waals surface area contributed by atoms with E-state index in [1.165, 1.54) is 0 Å². The molecule has 4 heteroatoms. The van der Waals surface area contributed by atoms with E-state index in [0.29, 0.717) is 0 Å². The number of halogens is 1. The third-order valence-electron chi connectivity index (χ3n) is 0.530. The molecule has 0 saturated carbocycles. The molecule has 2 amide bonds. The first-order valence-corrected chi connectivity index (χ1v) is 2.13. The summed E-state index contributed by atoms with van der Waals surface area (Å²) in [5, 5.41) is 2.27. The van der Waals surface area contributed by atoms with Crippen LogP contribution in [0.1, 0.15) is 0 Å². The Hall–Kier alpha value is -0.570. The molecule has 0 aliphatic carbocycles. The standard InChI is InChI=1S/C3H2ClN2O/c4-2-1-5-3(7)6-2/h2H,(H,6,7). The fourth-order valence-corrected chi connectivity index (χ4v) is 0.430. The molecule has 0 fully saturated rings. The van der Waals surface area contributed by atoms with Gasteiger partial charge < -0.3 is 5.32 Å². The molecular weight excluding hydrogens is 115 g/mol. The smallest absolute Gasteiger partial charge is 0.314 e. The Kier molecular flexibility index (Phi) is 0.982. The molecular formula is C3H2ClN2O. The minimum atomic E-state index is -0.521. The molecule has 0 aromatic carbocycles. The molecule has 1 atom stereocenters. The van der Waals surface area contributed by atoms with Crippen molar-refractivity contribution in [2.75, 3.05) is 0 Å². The van der Waals surface area contributed by atoms with Crippen molar-refractivity contribution in [2.24, 2.45) is 4.99 Å². The Morgan fingerprint density at radius 3 is 2.86 bits per heavy atom. The summed E-state index contributed by atoms with van der Waals surface area (Å²) >= 11 is 5.27. The van der Waals surface area contributed by atoms with E-state index in [2.05, 4.69) is 16.5 Å². The fraction of sp³-hybridized carbons (Fsp3) is 0.333. The van der Waals surface area contributed by atoms with E-state index in [0.717, 1.165) is 0 Å². The highest BCUT2D eigenvalue weighted by Crippen LogP contribution is 1.93. The van der Waals surface area contributed by atoms with Gasteiger partial charge in [-0.1, -0.05) is 11.6 Å². The Labute approximate surface area is 45.4 Å². The molecule has 1 N–H and O–H groups in total. The van der Waals surface area contributed by atoms with Crippen LogP contribution >= 0.6 is 11.6 Å². The molecule has 0 aromatic rings. The lowest BCUT2D eigenvalue weighted by molar-refractivity contribution is 0.251. The summed E-state index contributed by atoms with van der Waals surface area (Å²) in [4.78, 5) is 13.2. The first-order chi connectivity index (χ1) is 3.29. The second-order valence-corrected chi connectivity index (χ2v) is 1.49. The molecule has 1 radical (unpaired) electrons. The van der Waals surface area contributed by atoms with Crippen LogP contribution in [0.15, 0.2) is 4.99 Å². The number of nitrogens with one attached hydrogen (secondary N) is 1. The van der Waals surface area contributed by atoms with Crippen LogP contribution in [0.3, 0.4) is 0 Å². The third-order valence-corrected chi connectivity index (χ3v) is 0.736. The average Bonchev–Trinajstić information content (AvgIpc) is 1.87. The monoisotopic (exact) mass is 117 g/mol. The van der Waals surface area contributed by atoms with E-state index in [1.807, 2.05) is 0 Å². The van der Waals surface area contributed by atoms with Crippen molar-refractivity contribution in [1.82, 2.24) is 5.32 Å². The quantitative estimate of drug-likeness (QED) is 0.358. The molecule has 37 valence electrons. The van der Waals surface area contributed by atoms with E-state index < -0.39 is 11.5 Å². The molecule has 0 aromatic heterocycles. The number of carbonyl (C=O) groups is 1. The Morgan fingerprint density at radius 1 is 2.00 bits per heavy atom. The van der Waals surface area contributed by atoms with E-state index in [1.54, 1.807) is 0 Å². The van der Waals surface area contributed by atoms with Gasteiger partial charge in [0.05, 0.1) is 0 Å². The normalized spacial score (nSPS) is 28.1. The molecule has 3 nitrogen and oxygen atoms in total. The Bertz CT molecular complexity index is 122. The van der Waals surface area contributed by atoms with Gasteiger partial charge in [-0.2, -0.15) is 4.99 Å². The van der Waals surface area contributed by atoms with Gasteiger partial charge in [-0.05, 0) is 0 Å². The number of nitrogens with zero attached hydrogens (tertiary/aromatic N) is 1. The summed E-state index contributed by atoms with van der Waals surface area (Å²) in [6, 6.07) is -0.417. The zero-order valence-corrected chi connectivity index (χ0v) is 4.07. The van der Waals surface area contributed by atoms with Gasteiger partial charge in [-0.25, -0.2) is 4.79 Å². The van der Waals surface area contributed by atoms with Crippen LogP contribution in [0.4, 0.5) is 4.79 Å². The van der Waals surface area contributed by atoms with Crippen molar-refractivity contribution in [3.05, 3.63) is 0 Å². The second kappa shape index (κ2) is 1.50. The van der Waals surface area contributed by atoms with Gasteiger partial charge in [-0.3, -0.25) is 0 Å². The van der Waals surface area contributed by atoms with Gasteiger partial charge >= 0.3 is 6.03 Å². The van der Waals surface area contributed by atoms with Crippen molar-refractivity contribution in [2.45, 2.75) is 5.50 Å². The SMILES string of the molecule is O=C1N=[C]C(Cl)N1. The van der Waals surface area contributed by atoms with E-state index in [4.69, 9.17) is 11.6 Å². The fourth-order valence-electron chi connectivity index (χ4n) is 0.288. The number of aliphatic imine (C=N–C) groups is 1. The molecule has 0 bridgehead atoms. The van der Waals surface area contributed by atoms with Gasteiger partial charge in [0.1, 0.15) is 11.7 Å². The van der Waals surface area contributed by atoms with Crippen molar-refractivity contribution in [3.8, 4) is 0 Å². The van der Waals surface area contributed by atoms with E-state index in [-0.39, 0.29) is 0 Å². The van der Waals surface area contributed by atoms with Gasteiger partial charge in [0.15, 0.2) is 0 Å². The van der Waals surface area contributed by atoms with Crippen LogP contribution in [0, 0.1) is 0 Å². The minimum Gasteiger partial charge on any atom is -0.314 e. The number of urea groups is 1. The molecule has 0 saturated heterocycles. The molecule has 1 rings (SSSR count). The second-order valence-electron chi connectivity index (χ2n) is 1.05. The van der Waals surface area contributed by atoms with Crippen molar-refractivity contribution in [1.29, 1.82) is 0 Å². The van der Waals surface area contributed by atoms with E-state index in [9.17, 15) is 4.79 Å². The molecule has 1 aliphatic rings. The summed E-state index contributed by atoms with van der Waals surface area (Å²) in [5.41, 5.74) is -0.521. The van der Waals surface area contributed by atoms with E-state index >= 15 is 0 Å². The maximum absolute atomic E-state index is 10.0. The number of hydrogen-bond donors (Lipinski definition) is 1. The average molecular weight is 118 g/mol. The lowest BCUT2D eigenvalue weighted by atomic mass is 10.7. The third kappa shape index (κ3) is 0.899. The zero-order chi connectivity index (χ0) is 5.28. The van der Waals surface area contributed by atoms with Crippen LogP contribution < -0.4 is 5.32 Å². The predicted molar refractivity (Wildman–Crippen MR) is 25.6 cm³/mol. The van der Waals surface area contributed by atoms with Gasteiger partial charge in [0.25, 0.3) is 0 Å². The Balaban J connectivity index is 2.58. The highest BCUT2D eigenvalue weighted by atomic mass is 35.5. The molecule has 1 unspecified atom stereocenters. The van der Waals surface area contributed by atoms with Gasteiger partial charge in [0, 0.05) is 0 Å². The van der Waals surface area contributed by atoms with Crippen LogP contribution in [0.2, 0.25) is 0 Å². The van der Waals surface area contributed by atoms with Crippen LogP contribution in [-0.2, 0) is 0 Å². The molecule has 1 aliphatic heterocycles. The van der Waals surface area contributed by atoms with Gasteiger partial charge in [-0.15, -0.1) is 0 Å². The molecule has 0 spiro atoms. The maximum atomic E-state index is 10.0. The number of carbonyl (C=O) groups excluding carboxylic acids is 1. The zero-order valence-electron chi connectivity index (χ0n) is 3.31. The largest absolute Gasteiger partial charge is 0.342 e. The summed E-state index contributed by atoms with van der Waals surface area (Å²) in [6.45, 7) is 0. The van der Waals surface area contributed by atoms with Crippen molar-refractivity contribution in [3.63, 3.8) is 0 Å². The first kappa shape index (κ1) is 4.59. The number of rotatable bonds is 0. The Morgan fingerprint density at radius 2 is 2.71 bits per heavy atom. The topological polar surface area (TPSA) is 41.5 Å². The highest BCUT2D eigenvalue weighted by Gasteiger charge is 2.11. The number of alkyl halides is 1. The van der Waals surface area contributed by atoms with Crippen molar-refractivity contribution >= 4 is 23.8 Å². The van der Waals surface area contributed by atoms with Crippen molar-refractivity contribution < 1.29 is 4.79 Å². The molecule has 1 heterocycles. The summed E-state index contributed by atoms with van der Waals surface area (Å²) in [5.74, 6) is 0. The summed E-state index contributed by atoms with van der Waals surface area (Å²) in [7, 11) is 0. The number of amides is 2. The predicted octanol–water partition coefficient (Wildman–Crippen LogP) is 0.222. The van der Waals surface area contributed by atoms with Crippen LogP contribution in [0.5, 0.6) is 0 Å². The lowest BCUT2D eigenvalue weighted by Crippen LogP contribution is -2.21. The first-order valence-electron chi connectivity index (χ1n) is 1.70. The van der Waals surface area contributed by atoms with Gasteiger partial charge in [0.2, 0.25) is 0 Å². The maximum Gasteiger partial charge on any atom is 0.342 e. The lowest BCUT2D eigenvalue weighted by Gasteiger charge is -1.89. The van der Waals surface area contributed by atoms with Crippen LogP contribution in [0.25, 0.3) is 0 Å². The molecule has 7 heavy (non-hydrogen) atoms. The number of hydrogen-bond acceptors (Lipinski definition) is 1. The summed E-state index contributed by atoms with van der Waals surface area (Å²) in [6.07, 6.45) is 2.30. The van der Waals surface area contributed by atoms with Crippen LogP contribution in [-0.4, -0.2) is 17.7 Å². The minimum absolute atomic E-state index is 0.417. The summed E-state index contributed by atoms with van der Waals surface area (Å²) < 4.78 is 0. The highest BCUT2D eigenvalue weighted by molar-refractivity contribution is 6.30.